The fourth-order valence-electron chi connectivity index (χ4n) is 1.97. The lowest BCUT2D eigenvalue weighted by atomic mass is 10.1. The van der Waals surface area contributed by atoms with E-state index in [1.165, 1.54) is 0 Å². The zero-order chi connectivity index (χ0) is 18.9. The lowest BCUT2D eigenvalue weighted by Gasteiger charge is -2.10. The third kappa shape index (κ3) is 6.10. The van der Waals surface area contributed by atoms with Crippen LogP contribution in [0.3, 0.4) is 0 Å². The summed E-state index contributed by atoms with van der Waals surface area (Å²) in [6.45, 7) is 1.27. The van der Waals surface area contributed by atoms with Crippen molar-refractivity contribution in [3.63, 3.8) is 0 Å². The minimum absolute atomic E-state index is 0.279. The lowest BCUT2D eigenvalue weighted by Crippen LogP contribution is -2.47. The predicted octanol–water partition coefficient (Wildman–Crippen LogP) is 1.60. The molecule has 0 aliphatic carbocycles. The summed E-state index contributed by atoms with van der Waals surface area (Å²) in [7, 11) is 0. The number of amides is 3. The fraction of sp³-hybridized carbons (Fsp3) is 0.167. The molecule has 2 rings (SSSR count). The number of carbonyl (C=O) groups excluding carboxylic acids is 3. The number of carbonyl (C=O) groups is 3. The molecule has 0 aliphatic rings. The third-order valence-electron chi connectivity index (χ3n) is 3.23. The summed E-state index contributed by atoms with van der Waals surface area (Å²) in [5, 5.41) is 2.84. The number of hydrogen-bond acceptors (Lipinski definition) is 4. The number of para-hydroxylation sites is 1. The largest absolute Gasteiger partial charge is 0.482 e. The molecule has 0 saturated carbocycles. The highest BCUT2D eigenvalue weighted by Crippen LogP contribution is 2.22. The van der Waals surface area contributed by atoms with E-state index in [0.717, 1.165) is 5.56 Å². The van der Waals surface area contributed by atoms with Gasteiger partial charge in [-0.05, 0) is 31.2 Å². The van der Waals surface area contributed by atoms with Crippen molar-refractivity contribution >= 4 is 29.3 Å². The van der Waals surface area contributed by atoms with Gasteiger partial charge in [-0.3, -0.25) is 25.2 Å². The Kier molecular flexibility index (Phi) is 6.99. The topological polar surface area (TPSA) is 96.5 Å². The number of hydrogen-bond donors (Lipinski definition) is 3. The summed E-state index contributed by atoms with van der Waals surface area (Å²) in [5.74, 6) is -1.15. The van der Waals surface area contributed by atoms with Gasteiger partial charge in [0, 0.05) is 5.56 Å². The number of halogens is 1. The molecule has 0 aliphatic heterocycles. The van der Waals surface area contributed by atoms with Crippen LogP contribution in [0.25, 0.3) is 0 Å². The van der Waals surface area contributed by atoms with Gasteiger partial charge in [0.05, 0.1) is 11.6 Å². The number of aryl methyl sites for hydroxylation is 1. The SMILES string of the molecule is Cc1cccc(C(=O)NCC(=O)NNC(=O)COc2ccccc2Cl)c1. The minimum atomic E-state index is -0.572. The zero-order valence-electron chi connectivity index (χ0n) is 14.0. The first-order valence-electron chi connectivity index (χ1n) is 7.75. The van der Waals surface area contributed by atoms with E-state index in [9.17, 15) is 14.4 Å². The van der Waals surface area contributed by atoms with Crippen molar-refractivity contribution in [1.29, 1.82) is 0 Å². The van der Waals surface area contributed by atoms with Crippen LogP contribution in [-0.4, -0.2) is 30.9 Å². The second-order valence-electron chi connectivity index (χ2n) is 5.37. The molecular formula is C18H18ClN3O4. The molecule has 3 N–H and O–H groups in total. The molecule has 0 heterocycles. The molecule has 0 unspecified atom stereocenters. The van der Waals surface area contributed by atoms with Crippen LogP contribution in [0.15, 0.2) is 48.5 Å². The Labute approximate surface area is 155 Å². The number of rotatable bonds is 6. The first-order valence-corrected chi connectivity index (χ1v) is 8.13. The van der Waals surface area contributed by atoms with Crippen molar-refractivity contribution in [1.82, 2.24) is 16.2 Å². The van der Waals surface area contributed by atoms with Gasteiger partial charge in [-0.2, -0.15) is 0 Å². The van der Waals surface area contributed by atoms with Gasteiger partial charge < -0.3 is 10.1 Å². The van der Waals surface area contributed by atoms with E-state index in [0.29, 0.717) is 16.3 Å². The van der Waals surface area contributed by atoms with E-state index in [2.05, 4.69) is 16.2 Å². The highest BCUT2D eigenvalue weighted by molar-refractivity contribution is 6.32. The van der Waals surface area contributed by atoms with Crippen LogP contribution in [0.4, 0.5) is 0 Å². The lowest BCUT2D eigenvalue weighted by molar-refractivity contribution is -0.129. The standard InChI is InChI=1S/C18H18ClN3O4/c1-12-5-4-6-13(9-12)18(25)20-10-16(23)21-22-17(24)11-26-15-8-3-2-7-14(15)19/h2-9H,10-11H2,1H3,(H,20,25)(H,21,23)(H,22,24). The molecule has 0 saturated heterocycles. The normalized spacial score (nSPS) is 9.92. The Bertz CT molecular complexity index is 811. The highest BCUT2D eigenvalue weighted by atomic mass is 35.5. The van der Waals surface area contributed by atoms with Crippen molar-refractivity contribution in [2.45, 2.75) is 6.92 Å². The monoisotopic (exact) mass is 375 g/mol. The van der Waals surface area contributed by atoms with Crippen LogP contribution in [0, 0.1) is 6.92 Å². The maximum Gasteiger partial charge on any atom is 0.276 e. The summed E-state index contributed by atoms with van der Waals surface area (Å²) in [6, 6.07) is 13.7. The van der Waals surface area contributed by atoms with E-state index in [1.54, 1.807) is 42.5 Å². The van der Waals surface area contributed by atoms with Gasteiger partial charge in [0.25, 0.3) is 17.7 Å². The molecule has 26 heavy (non-hydrogen) atoms. The molecule has 0 bridgehead atoms. The van der Waals surface area contributed by atoms with Crippen LogP contribution in [-0.2, 0) is 9.59 Å². The van der Waals surface area contributed by atoms with Crippen molar-refractivity contribution in [2.24, 2.45) is 0 Å². The molecule has 0 atom stereocenters. The summed E-state index contributed by atoms with van der Waals surface area (Å²) in [5.41, 5.74) is 5.76. The van der Waals surface area contributed by atoms with E-state index in [4.69, 9.17) is 16.3 Å². The average molecular weight is 376 g/mol. The fourth-order valence-corrected chi connectivity index (χ4v) is 2.16. The van der Waals surface area contributed by atoms with Crippen LogP contribution in [0.5, 0.6) is 5.75 Å². The first kappa shape index (κ1) is 19.3. The van der Waals surface area contributed by atoms with Gasteiger partial charge in [-0.25, -0.2) is 0 Å². The maximum atomic E-state index is 11.9. The van der Waals surface area contributed by atoms with Gasteiger partial charge in [-0.15, -0.1) is 0 Å². The van der Waals surface area contributed by atoms with Gasteiger partial charge >= 0.3 is 0 Å². The third-order valence-corrected chi connectivity index (χ3v) is 3.54. The molecule has 3 amide bonds. The summed E-state index contributed by atoms with van der Waals surface area (Å²) in [6.07, 6.45) is 0. The Morgan fingerprint density at radius 1 is 1.00 bits per heavy atom. The number of benzene rings is 2. The minimum Gasteiger partial charge on any atom is -0.482 e. The molecule has 0 spiro atoms. The van der Waals surface area contributed by atoms with E-state index in [-0.39, 0.29) is 19.1 Å². The van der Waals surface area contributed by atoms with Gasteiger partial charge in [-0.1, -0.05) is 41.4 Å². The molecule has 8 heteroatoms. The summed E-state index contributed by atoms with van der Waals surface area (Å²) < 4.78 is 5.23. The van der Waals surface area contributed by atoms with Gasteiger partial charge in [0.1, 0.15) is 5.75 Å². The van der Waals surface area contributed by atoms with Crippen molar-refractivity contribution in [3.05, 3.63) is 64.7 Å². The highest BCUT2D eigenvalue weighted by Gasteiger charge is 2.10. The predicted molar refractivity (Wildman–Crippen MR) is 96.7 cm³/mol. The molecule has 2 aromatic carbocycles. The number of ether oxygens (including phenoxy) is 1. The number of hydrazine groups is 1. The van der Waals surface area contributed by atoms with E-state index in [1.807, 2.05) is 13.0 Å². The molecule has 7 nitrogen and oxygen atoms in total. The molecular weight excluding hydrogens is 358 g/mol. The Hall–Kier alpha value is -3.06. The second kappa shape index (κ2) is 9.43. The van der Waals surface area contributed by atoms with Crippen LogP contribution < -0.4 is 20.9 Å². The first-order chi connectivity index (χ1) is 12.5. The van der Waals surface area contributed by atoms with Crippen LogP contribution in [0.1, 0.15) is 15.9 Å². The van der Waals surface area contributed by atoms with Crippen LogP contribution in [0.2, 0.25) is 5.02 Å². The van der Waals surface area contributed by atoms with E-state index < -0.39 is 11.8 Å². The molecule has 136 valence electrons. The molecule has 2 aromatic rings. The number of nitrogens with one attached hydrogen (secondary N) is 3. The van der Waals surface area contributed by atoms with Crippen molar-refractivity contribution in [2.75, 3.05) is 13.2 Å². The Balaban J connectivity index is 1.69. The van der Waals surface area contributed by atoms with E-state index >= 15 is 0 Å². The molecule has 0 fully saturated rings. The van der Waals surface area contributed by atoms with Gasteiger partial charge in [0.15, 0.2) is 6.61 Å². The summed E-state index contributed by atoms with van der Waals surface area (Å²) >= 11 is 5.90. The molecule has 0 radical (unpaired) electrons. The molecule has 0 aromatic heterocycles. The van der Waals surface area contributed by atoms with Gasteiger partial charge in [0.2, 0.25) is 0 Å². The van der Waals surface area contributed by atoms with Crippen molar-refractivity contribution in [3.8, 4) is 5.75 Å². The Morgan fingerprint density at radius 3 is 2.46 bits per heavy atom. The second-order valence-corrected chi connectivity index (χ2v) is 5.77. The summed E-state index contributed by atoms with van der Waals surface area (Å²) in [4.78, 5) is 35.2. The Morgan fingerprint density at radius 2 is 1.73 bits per heavy atom. The van der Waals surface area contributed by atoms with Crippen molar-refractivity contribution < 1.29 is 19.1 Å². The zero-order valence-corrected chi connectivity index (χ0v) is 14.8. The maximum absolute atomic E-state index is 11.9. The quantitative estimate of drug-likeness (QED) is 0.668. The average Bonchev–Trinajstić information content (AvgIpc) is 2.63. The smallest absolute Gasteiger partial charge is 0.276 e. The van der Waals surface area contributed by atoms with Crippen LogP contribution >= 0.6 is 11.6 Å².